The smallest absolute Gasteiger partial charge is 0.345 e. The monoisotopic (exact) mass is 246 g/mol. The normalized spacial score (nSPS) is 10.3. The van der Waals surface area contributed by atoms with Crippen LogP contribution in [0.4, 0.5) is 5.69 Å². The van der Waals surface area contributed by atoms with Gasteiger partial charge in [0.15, 0.2) is 5.69 Å². The molecule has 1 aromatic heterocycles. The van der Waals surface area contributed by atoms with E-state index in [0.717, 1.165) is 5.56 Å². The van der Waals surface area contributed by atoms with Gasteiger partial charge in [-0.05, 0) is 6.92 Å². The number of nitro groups is 1. The summed E-state index contributed by atoms with van der Waals surface area (Å²) in [6, 6.07) is 7.01. The molecule has 0 radical (unpaired) electrons. The van der Waals surface area contributed by atoms with Crippen LogP contribution in [0.2, 0.25) is 0 Å². The van der Waals surface area contributed by atoms with Crippen molar-refractivity contribution in [2.24, 2.45) is 0 Å². The number of nitrogens with zero attached hydrogens (tertiary/aromatic N) is 2. The predicted octanol–water partition coefficient (Wildman–Crippen LogP) is 2.76. The maximum Gasteiger partial charge on any atom is 0.347 e. The van der Waals surface area contributed by atoms with Crippen molar-refractivity contribution in [3.8, 4) is 11.3 Å². The molecule has 0 N–H and O–H groups in total. The van der Waals surface area contributed by atoms with Crippen LogP contribution >= 0.6 is 0 Å². The van der Waals surface area contributed by atoms with Gasteiger partial charge in [0.1, 0.15) is 0 Å². The molecule has 2 aromatic rings. The Bertz CT molecular complexity index is 614. The molecule has 0 aliphatic carbocycles. The molecule has 0 spiro atoms. The molecule has 0 aliphatic rings. The van der Waals surface area contributed by atoms with Crippen LogP contribution in [0.3, 0.4) is 0 Å². The van der Waals surface area contributed by atoms with E-state index in [4.69, 9.17) is 4.52 Å². The largest absolute Gasteiger partial charge is 0.347 e. The third-order valence-electron chi connectivity index (χ3n) is 2.49. The molecular formula is C12H10N2O4. The number of Topliss-reactive ketones (excluding diaryl/α,β-unsaturated/α-hetero) is 1. The van der Waals surface area contributed by atoms with Gasteiger partial charge in [-0.2, -0.15) is 0 Å². The Morgan fingerprint density at radius 2 is 1.94 bits per heavy atom. The van der Waals surface area contributed by atoms with Gasteiger partial charge < -0.3 is 4.52 Å². The molecule has 2 rings (SSSR count). The molecule has 0 saturated carbocycles. The van der Waals surface area contributed by atoms with Crippen LogP contribution < -0.4 is 0 Å². The van der Waals surface area contributed by atoms with Crippen molar-refractivity contribution in [2.45, 2.75) is 13.8 Å². The lowest BCUT2D eigenvalue weighted by Gasteiger charge is -1.96. The lowest BCUT2D eigenvalue weighted by atomic mass is 10.1. The van der Waals surface area contributed by atoms with Crippen molar-refractivity contribution >= 4 is 11.5 Å². The Kier molecular flexibility index (Phi) is 2.93. The van der Waals surface area contributed by atoms with Gasteiger partial charge in [0.05, 0.1) is 4.92 Å². The van der Waals surface area contributed by atoms with Gasteiger partial charge in [-0.3, -0.25) is 14.9 Å². The topological polar surface area (TPSA) is 86.2 Å². The van der Waals surface area contributed by atoms with Crippen LogP contribution in [0, 0.1) is 17.0 Å². The fourth-order valence-corrected chi connectivity index (χ4v) is 1.59. The molecule has 1 aromatic carbocycles. The van der Waals surface area contributed by atoms with Gasteiger partial charge in [-0.15, -0.1) is 0 Å². The average molecular weight is 246 g/mol. The van der Waals surface area contributed by atoms with E-state index in [0.29, 0.717) is 5.56 Å². The lowest BCUT2D eigenvalue weighted by Crippen LogP contribution is -1.97. The number of ketones is 1. The number of aromatic nitrogens is 1. The maximum absolute atomic E-state index is 11.2. The van der Waals surface area contributed by atoms with Crippen molar-refractivity contribution in [3.63, 3.8) is 0 Å². The molecule has 0 bridgehead atoms. The fourth-order valence-electron chi connectivity index (χ4n) is 1.59. The van der Waals surface area contributed by atoms with Gasteiger partial charge in [0.25, 0.3) is 5.76 Å². The van der Waals surface area contributed by atoms with Gasteiger partial charge >= 0.3 is 5.69 Å². The molecule has 6 heteroatoms. The predicted molar refractivity (Wildman–Crippen MR) is 63.3 cm³/mol. The Labute approximate surface area is 102 Å². The van der Waals surface area contributed by atoms with E-state index in [1.54, 1.807) is 24.3 Å². The third-order valence-corrected chi connectivity index (χ3v) is 2.49. The average Bonchev–Trinajstić information content (AvgIpc) is 2.74. The summed E-state index contributed by atoms with van der Waals surface area (Å²) in [5.41, 5.74) is 1.26. The van der Waals surface area contributed by atoms with Crippen molar-refractivity contribution < 1.29 is 14.2 Å². The number of rotatable bonds is 3. The van der Waals surface area contributed by atoms with Crippen molar-refractivity contribution in [2.75, 3.05) is 0 Å². The minimum atomic E-state index is -0.650. The highest BCUT2D eigenvalue weighted by atomic mass is 16.6. The van der Waals surface area contributed by atoms with E-state index in [9.17, 15) is 14.9 Å². The number of carbonyl (C=O) groups excluding carboxylic acids is 1. The number of aryl methyl sites for hydroxylation is 1. The van der Waals surface area contributed by atoms with Crippen molar-refractivity contribution in [1.82, 2.24) is 5.16 Å². The first-order chi connectivity index (χ1) is 8.50. The molecule has 0 fully saturated rings. The van der Waals surface area contributed by atoms with Crippen molar-refractivity contribution in [3.05, 3.63) is 45.7 Å². The zero-order chi connectivity index (χ0) is 13.3. The van der Waals surface area contributed by atoms with Crippen LogP contribution in [0.25, 0.3) is 11.3 Å². The first-order valence-corrected chi connectivity index (χ1v) is 5.22. The second-order valence-corrected chi connectivity index (χ2v) is 3.89. The molecule has 0 amide bonds. The summed E-state index contributed by atoms with van der Waals surface area (Å²) < 4.78 is 4.76. The van der Waals surface area contributed by atoms with E-state index < -0.39 is 10.7 Å². The highest BCUT2D eigenvalue weighted by molar-refractivity contribution is 5.97. The quantitative estimate of drug-likeness (QED) is 0.472. The summed E-state index contributed by atoms with van der Waals surface area (Å²) in [5, 5.41) is 14.6. The van der Waals surface area contributed by atoms with Gasteiger partial charge in [0, 0.05) is 12.5 Å². The Balaban J connectivity index is 2.61. The molecule has 18 heavy (non-hydrogen) atoms. The Morgan fingerprint density at radius 3 is 2.44 bits per heavy atom. The molecule has 0 aliphatic heterocycles. The van der Waals surface area contributed by atoms with E-state index >= 15 is 0 Å². The summed E-state index contributed by atoms with van der Waals surface area (Å²) in [6.07, 6.45) is 0. The van der Waals surface area contributed by atoms with Gasteiger partial charge in [-0.1, -0.05) is 35.0 Å². The standard InChI is InChI=1S/C12H10N2O4/c1-7-3-5-9(6-4-7)10-11(14(16)17)12(8(2)15)18-13-10/h3-6H,1-2H3. The van der Waals surface area contributed by atoms with Crippen LogP contribution in [0.15, 0.2) is 28.8 Å². The maximum atomic E-state index is 11.2. The zero-order valence-electron chi connectivity index (χ0n) is 9.84. The SMILES string of the molecule is CC(=O)c1onc(-c2ccc(C)cc2)c1[N+](=O)[O-]. The third kappa shape index (κ3) is 2.00. The number of benzene rings is 1. The summed E-state index contributed by atoms with van der Waals surface area (Å²) in [5.74, 6) is -0.844. The second-order valence-electron chi connectivity index (χ2n) is 3.89. The zero-order valence-corrected chi connectivity index (χ0v) is 9.84. The molecule has 6 nitrogen and oxygen atoms in total. The van der Waals surface area contributed by atoms with Crippen LogP contribution in [0.5, 0.6) is 0 Å². The lowest BCUT2D eigenvalue weighted by molar-refractivity contribution is -0.384. The van der Waals surface area contributed by atoms with Crippen molar-refractivity contribution in [1.29, 1.82) is 0 Å². The van der Waals surface area contributed by atoms with E-state index in [1.165, 1.54) is 6.92 Å². The van der Waals surface area contributed by atoms with Crippen LogP contribution in [0.1, 0.15) is 23.0 Å². The molecule has 1 heterocycles. The summed E-state index contributed by atoms with van der Waals surface area (Å²) in [6.45, 7) is 3.11. The number of carbonyl (C=O) groups is 1. The number of hydrogen-bond donors (Lipinski definition) is 0. The minimum absolute atomic E-state index is 0.0743. The highest BCUT2D eigenvalue weighted by Gasteiger charge is 2.30. The number of hydrogen-bond acceptors (Lipinski definition) is 5. The Hall–Kier alpha value is -2.50. The molecule has 0 atom stereocenters. The van der Waals surface area contributed by atoms with Gasteiger partial charge in [0.2, 0.25) is 5.78 Å². The molecule has 0 saturated heterocycles. The molecule has 0 unspecified atom stereocenters. The second kappa shape index (κ2) is 4.40. The first kappa shape index (κ1) is 12.0. The Morgan fingerprint density at radius 1 is 1.33 bits per heavy atom. The minimum Gasteiger partial charge on any atom is -0.345 e. The first-order valence-electron chi connectivity index (χ1n) is 5.22. The van der Waals surface area contributed by atoms with E-state index in [-0.39, 0.29) is 17.1 Å². The summed E-state index contributed by atoms with van der Waals surface area (Å²) in [7, 11) is 0. The molecular weight excluding hydrogens is 236 g/mol. The fraction of sp³-hybridized carbons (Fsp3) is 0.167. The summed E-state index contributed by atoms with van der Waals surface area (Å²) in [4.78, 5) is 21.6. The van der Waals surface area contributed by atoms with Gasteiger partial charge in [-0.25, -0.2) is 0 Å². The van der Waals surface area contributed by atoms with Crippen LogP contribution in [-0.2, 0) is 0 Å². The van der Waals surface area contributed by atoms with E-state index in [2.05, 4.69) is 5.16 Å². The highest BCUT2D eigenvalue weighted by Crippen LogP contribution is 2.32. The van der Waals surface area contributed by atoms with E-state index in [1.807, 2.05) is 6.92 Å². The summed E-state index contributed by atoms with van der Waals surface area (Å²) >= 11 is 0. The molecule has 92 valence electrons. The van der Waals surface area contributed by atoms with Crippen LogP contribution in [-0.4, -0.2) is 15.9 Å².